The molecule has 98 valence electrons. The smallest absolute Gasteiger partial charge is 0.264 e. The van der Waals surface area contributed by atoms with Crippen molar-refractivity contribution in [3.05, 3.63) is 15.9 Å². The molecule has 0 saturated carbocycles. The maximum Gasteiger partial charge on any atom is 0.264 e. The van der Waals surface area contributed by atoms with Crippen molar-refractivity contribution in [3.8, 4) is 0 Å². The van der Waals surface area contributed by atoms with Crippen LogP contribution < -0.4 is 16.6 Å². The average Bonchev–Trinajstić information content (AvgIpc) is 2.13. The van der Waals surface area contributed by atoms with E-state index in [4.69, 9.17) is 11.1 Å². The van der Waals surface area contributed by atoms with Gasteiger partial charge in [0.15, 0.2) is 0 Å². The van der Waals surface area contributed by atoms with E-state index in [1.807, 2.05) is 0 Å². The molecule has 0 aliphatic rings. The van der Waals surface area contributed by atoms with E-state index in [0.717, 1.165) is 0 Å². The number of nitrogens with one attached hydrogen (secondary N) is 3. The number of halogens is 1. The van der Waals surface area contributed by atoms with Crippen LogP contribution >= 0.6 is 15.9 Å². The van der Waals surface area contributed by atoms with Crippen molar-refractivity contribution >= 4 is 38.2 Å². The van der Waals surface area contributed by atoms with Gasteiger partial charge in [-0.25, -0.2) is 0 Å². The van der Waals surface area contributed by atoms with Gasteiger partial charge in [-0.1, -0.05) is 20.8 Å². The van der Waals surface area contributed by atoms with Gasteiger partial charge in [0, 0.05) is 5.41 Å². The molecule has 0 fully saturated rings. The van der Waals surface area contributed by atoms with Crippen LogP contribution in [0.5, 0.6) is 0 Å². The third-order valence-electron chi connectivity index (χ3n) is 2.08. The molecular formula is C10H14BrN5O2. The van der Waals surface area contributed by atoms with Crippen molar-refractivity contribution in [1.29, 1.82) is 5.41 Å². The maximum absolute atomic E-state index is 11.7. The molecule has 0 saturated heterocycles. The van der Waals surface area contributed by atoms with Crippen LogP contribution in [0.1, 0.15) is 26.3 Å². The minimum absolute atomic E-state index is 0.0325. The lowest BCUT2D eigenvalue weighted by atomic mass is 9.96. The number of carbonyl (C=O) groups excluding carboxylic acids is 1. The zero-order valence-electron chi connectivity index (χ0n) is 10.2. The van der Waals surface area contributed by atoms with Gasteiger partial charge in [-0.05, 0) is 15.9 Å². The Morgan fingerprint density at radius 1 is 1.50 bits per heavy atom. The summed E-state index contributed by atoms with van der Waals surface area (Å²) in [6.07, 6.45) is 0. The van der Waals surface area contributed by atoms with Gasteiger partial charge in [0.2, 0.25) is 11.9 Å². The predicted octanol–water partition coefficient (Wildman–Crippen LogP) is 1.06. The Bertz CT molecular complexity index is 558. The largest absolute Gasteiger partial charge is 0.383 e. The summed E-state index contributed by atoms with van der Waals surface area (Å²) in [5.74, 6) is -0.452. The number of aromatic amines is 1. The Morgan fingerprint density at radius 2 is 2.06 bits per heavy atom. The molecule has 5 N–H and O–H groups in total. The van der Waals surface area contributed by atoms with E-state index in [2.05, 4.69) is 31.2 Å². The molecule has 0 radical (unpaired) electrons. The molecule has 0 unspecified atom stereocenters. The van der Waals surface area contributed by atoms with E-state index < -0.39 is 11.0 Å². The van der Waals surface area contributed by atoms with Crippen LogP contribution in [0.2, 0.25) is 0 Å². The number of aromatic nitrogens is 2. The van der Waals surface area contributed by atoms with Crippen LogP contribution in [0.4, 0.5) is 11.8 Å². The maximum atomic E-state index is 11.7. The Morgan fingerprint density at radius 3 is 2.44 bits per heavy atom. The van der Waals surface area contributed by atoms with Crippen LogP contribution in [-0.4, -0.2) is 20.5 Å². The van der Waals surface area contributed by atoms with Crippen LogP contribution in [0.3, 0.4) is 0 Å². The lowest BCUT2D eigenvalue weighted by molar-refractivity contribution is -0.123. The standard InChI is InChI=1S/C10H14BrN5O2/c1-10(2,3)8(18)16-9-14-6(13)4(5(11)12)7(17)15-9/h12H,1-3H3,(H4,13,14,15,16,17,18). The molecule has 7 nitrogen and oxygen atoms in total. The molecular weight excluding hydrogens is 302 g/mol. The van der Waals surface area contributed by atoms with Crippen molar-refractivity contribution in [2.24, 2.45) is 5.41 Å². The Hall–Kier alpha value is -1.70. The first-order valence-corrected chi connectivity index (χ1v) is 5.88. The zero-order chi connectivity index (χ0) is 14.1. The van der Waals surface area contributed by atoms with Gasteiger partial charge >= 0.3 is 0 Å². The van der Waals surface area contributed by atoms with E-state index in [1.165, 1.54) is 0 Å². The number of nitrogen functional groups attached to an aromatic ring is 1. The highest BCUT2D eigenvalue weighted by Crippen LogP contribution is 2.16. The first kappa shape index (κ1) is 14.4. The normalized spacial score (nSPS) is 11.1. The van der Waals surface area contributed by atoms with Crippen molar-refractivity contribution in [1.82, 2.24) is 9.97 Å². The van der Waals surface area contributed by atoms with Crippen LogP contribution in [0, 0.1) is 10.8 Å². The average molecular weight is 316 g/mol. The first-order chi connectivity index (χ1) is 8.12. The van der Waals surface area contributed by atoms with Crippen molar-refractivity contribution < 1.29 is 4.79 Å². The van der Waals surface area contributed by atoms with Crippen molar-refractivity contribution in [3.63, 3.8) is 0 Å². The molecule has 1 aromatic heterocycles. The summed E-state index contributed by atoms with van der Waals surface area (Å²) in [6.45, 7) is 5.19. The lowest BCUT2D eigenvalue weighted by Gasteiger charge is -2.17. The minimum Gasteiger partial charge on any atom is -0.383 e. The number of anilines is 2. The van der Waals surface area contributed by atoms with E-state index in [9.17, 15) is 9.59 Å². The number of amides is 1. The first-order valence-electron chi connectivity index (χ1n) is 5.08. The highest BCUT2D eigenvalue weighted by Gasteiger charge is 2.22. The van der Waals surface area contributed by atoms with E-state index in [-0.39, 0.29) is 27.9 Å². The van der Waals surface area contributed by atoms with E-state index >= 15 is 0 Å². The summed E-state index contributed by atoms with van der Waals surface area (Å²) in [7, 11) is 0. The number of carbonyl (C=O) groups is 1. The van der Waals surface area contributed by atoms with Gasteiger partial charge in [0.1, 0.15) is 16.0 Å². The molecule has 0 atom stereocenters. The summed E-state index contributed by atoms with van der Waals surface area (Å²) in [5, 5.41) is 9.78. The number of H-pyrrole nitrogens is 1. The molecule has 0 aliphatic heterocycles. The summed E-state index contributed by atoms with van der Waals surface area (Å²) in [4.78, 5) is 29.5. The number of nitrogens with two attached hydrogens (primary N) is 1. The minimum atomic E-state index is -0.617. The van der Waals surface area contributed by atoms with Gasteiger partial charge in [0.25, 0.3) is 5.56 Å². The highest BCUT2D eigenvalue weighted by molar-refractivity contribution is 9.18. The van der Waals surface area contributed by atoms with Crippen LogP contribution in [-0.2, 0) is 4.79 Å². The lowest BCUT2D eigenvalue weighted by Crippen LogP contribution is -2.30. The Balaban J connectivity index is 3.13. The number of rotatable bonds is 2. The fraction of sp³-hybridized carbons (Fsp3) is 0.400. The van der Waals surface area contributed by atoms with Gasteiger partial charge in [0.05, 0.1) is 0 Å². The molecule has 1 aromatic rings. The summed E-state index contributed by atoms with van der Waals surface area (Å²) in [6, 6.07) is 0. The Labute approximate surface area is 112 Å². The van der Waals surface area contributed by atoms with Gasteiger partial charge < -0.3 is 5.73 Å². The van der Waals surface area contributed by atoms with Crippen molar-refractivity contribution in [2.75, 3.05) is 11.1 Å². The second-order valence-electron chi connectivity index (χ2n) is 4.69. The summed E-state index contributed by atoms with van der Waals surface area (Å²) < 4.78 is -0.164. The second-order valence-corrected chi connectivity index (χ2v) is 5.49. The molecule has 1 rings (SSSR count). The zero-order valence-corrected chi connectivity index (χ0v) is 11.8. The molecule has 1 heterocycles. The second kappa shape index (κ2) is 4.89. The Kier molecular flexibility index (Phi) is 3.90. The van der Waals surface area contributed by atoms with Crippen LogP contribution in [0.15, 0.2) is 4.79 Å². The fourth-order valence-corrected chi connectivity index (χ4v) is 1.44. The molecule has 1 amide bonds. The van der Waals surface area contributed by atoms with E-state index in [0.29, 0.717) is 0 Å². The summed E-state index contributed by atoms with van der Waals surface area (Å²) in [5.41, 5.74) is 4.28. The highest BCUT2D eigenvalue weighted by atomic mass is 79.9. The quantitative estimate of drug-likeness (QED) is 0.609. The van der Waals surface area contributed by atoms with Gasteiger partial charge in [-0.15, -0.1) is 0 Å². The van der Waals surface area contributed by atoms with Gasteiger partial charge in [-0.3, -0.25) is 25.3 Å². The van der Waals surface area contributed by atoms with Crippen LogP contribution in [0.25, 0.3) is 0 Å². The number of hydrogen-bond donors (Lipinski definition) is 4. The monoisotopic (exact) mass is 315 g/mol. The number of hydrogen-bond acceptors (Lipinski definition) is 5. The predicted molar refractivity (Wildman–Crippen MR) is 73.1 cm³/mol. The topological polar surface area (TPSA) is 125 Å². The molecule has 18 heavy (non-hydrogen) atoms. The van der Waals surface area contributed by atoms with Gasteiger partial charge in [-0.2, -0.15) is 4.98 Å². The summed E-state index contributed by atoms with van der Waals surface area (Å²) >= 11 is 2.85. The number of nitrogens with zero attached hydrogens (tertiary/aromatic N) is 1. The molecule has 0 aromatic carbocycles. The molecule has 0 spiro atoms. The fourth-order valence-electron chi connectivity index (χ4n) is 1.06. The third-order valence-corrected chi connectivity index (χ3v) is 2.48. The SMILES string of the molecule is CC(C)(C)C(=O)Nc1nc(N)c(C(=N)Br)c(=O)[nH]1. The molecule has 0 aliphatic carbocycles. The third kappa shape index (κ3) is 3.16. The molecule has 0 bridgehead atoms. The van der Waals surface area contributed by atoms with Crippen molar-refractivity contribution in [2.45, 2.75) is 20.8 Å². The van der Waals surface area contributed by atoms with E-state index in [1.54, 1.807) is 20.8 Å². The molecule has 8 heteroatoms.